The largest absolute Gasteiger partial charge is 0.486 e. The number of nitrogens with zero attached hydrogens (tertiary/aromatic N) is 5. The van der Waals surface area contributed by atoms with Gasteiger partial charge in [0.05, 0.1) is 5.71 Å². The lowest BCUT2D eigenvalue weighted by molar-refractivity contribution is -0.134. The summed E-state index contributed by atoms with van der Waals surface area (Å²) in [5.74, 6) is 2.15. The van der Waals surface area contributed by atoms with Gasteiger partial charge in [0, 0.05) is 36.2 Å². The molecule has 0 fully saturated rings. The van der Waals surface area contributed by atoms with E-state index in [0.29, 0.717) is 19.0 Å². The van der Waals surface area contributed by atoms with Crippen LogP contribution in [0.4, 0.5) is 0 Å². The van der Waals surface area contributed by atoms with E-state index < -0.39 is 5.97 Å². The first kappa shape index (κ1) is 18.9. The number of carboxylic acids is 1. The molecule has 0 saturated carbocycles. The molecule has 0 bridgehead atoms. The van der Waals surface area contributed by atoms with Crippen LogP contribution in [0.3, 0.4) is 0 Å². The van der Waals surface area contributed by atoms with Crippen molar-refractivity contribution in [2.24, 2.45) is 5.10 Å². The molecular formula is C19H17N5O4S. The van der Waals surface area contributed by atoms with Crippen molar-refractivity contribution >= 4 is 23.4 Å². The number of pyridine rings is 1. The third-order valence-corrected chi connectivity index (χ3v) is 4.92. The van der Waals surface area contributed by atoms with Crippen LogP contribution in [0.15, 0.2) is 53.0 Å². The molecule has 0 atom stereocenters. The Kier molecular flexibility index (Phi) is 5.43. The third-order valence-electron chi connectivity index (χ3n) is 3.98. The van der Waals surface area contributed by atoms with E-state index in [2.05, 4.69) is 15.2 Å². The standard InChI is InChI=1S/C17H13N5O2S.C2H4O2/c1-2-14-15(24-8-7-23-14)9-12(1)13-10-25-17-20-19-16(22(17)21-13)11-3-5-18-6-4-11;1-2(3)4/h1-6,9H,7-8,10H2;1H3,(H,3,4). The Bertz CT molecular complexity index is 1060. The maximum Gasteiger partial charge on any atom is 0.300 e. The SMILES string of the molecule is CC(=O)O.c1cc(-c2nnc3n2N=C(c2ccc4c(c2)OCCO4)CS3)ccn1. The number of rotatable bonds is 2. The minimum Gasteiger partial charge on any atom is -0.486 e. The molecule has 1 aromatic carbocycles. The van der Waals surface area contributed by atoms with Crippen molar-refractivity contribution in [1.82, 2.24) is 19.9 Å². The van der Waals surface area contributed by atoms with Gasteiger partial charge in [-0.25, -0.2) is 0 Å². The fraction of sp³-hybridized carbons (Fsp3) is 0.211. The van der Waals surface area contributed by atoms with E-state index in [1.54, 1.807) is 28.8 Å². The number of thioether (sulfide) groups is 1. The molecule has 2 aliphatic heterocycles. The second-order valence-electron chi connectivity index (χ2n) is 6.07. The van der Waals surface area contributed by atoms with Crippen molar-refractivity contribution in [2.75, 3.05) is 19.0 Å². The molecular weight excluding hydrogens is 394 g/mol. The lowest BCUT2D eigenvalue weighted by atomic mass is 10.1. The van der Waals surface area contributed by atoms with E-state index in [9.17, 15) is 0 Å². The molecule has 5 rings (SSSR count). The van der Waals surface area contributed by atoms with Crippen LogP contribution in [0, 0.1) is 0 Å². The highest BCUT2D eigenvalue weighted by molar-refractivity contribution is 7.99. The summed E-state index contributed by atoms with van der Waals surface area (Å²) in [4.78, 5) is 13.0. The predicted molar refractivity (Wildman–Crippen MR) is 107 cm³/mol. The van der Waals surface area contributed by atoms with Gasteiger partial charge in [-0.2, -0.15) is 9.78 Å². The molecule has 2 aromatic heterocycles. The summed E-state index contributed by atoms with van der Waals surface area (Å²) in [6.07, 6.45) is 3.47. The number of benzene rings is 1. The fourth-order valence-corrected chi connectivity index (χ4v) is 3.61. The van der Waals surface area contributed by atoms with Gasteiger partial charge in [-0.15, -0.1) is 10.2 Å². The van der Waals surface area contributed by atoms with Crippen LogP contribution in [-0.2, 0) is 4.79 Å². The normalized spacial score (nSPS) is 14.2. The minimum atomic E-state index is -0.833. The Labute approximate surface area is 170 Å². The highest BCUT2D eigenvalue weighted by atomic mass is 32.2. The van der Waals surface area contributed by atoms with Gasteiger partial charge in [0.2, 0.25) is 5.16 Å². The molecule has 0 spiro atoms. The van der Waals surface area contributed by atoms with Gasteiger partial charge in [-0.3, -0.25) is 9.78 Å². The van der Waals surface area contributed by atoms with Crippen LogP contribution >= 0.6 is 11.8 Å². The van der Waals surface area contributed by atoms with Gasteiger partial charge in [0.15, 0.2) is 17.3 Å². The molecule has 148 valence electrons. The second kappa shape index (κ2) is 8.31. The minimum absolute atomic E-state index is 0.569. The number of aliphatic carboxylic acids is 1. The maximum absolute atomic E-state index is 9.00. The number of carboxylic acid groups (broad SMARTS) is 1. The van der Waals surface area contributed by atoms with Crippen LogP contribution in [-0.4, -0.2) is 55.6 Å². The average Bonchev–Trinajstić information content (AvgIpc) is 3.17. The third kappa shape index (κ3) is 4.21. The highest BCUT2D eigenvalue weighted by Crippen LogP contribution is 2.33. The number of hydrogen-bond donors (Lipinski definition) is 1. The molecule has 10 heteroatoms. The summed E-state index contributed by atoms with van der Waals surface area (Å²) >= 11 is 1.62. The second-order valence-corrected chi connectivity index (χ2v) is 7.01. The topological polar surface area (TPSA) is 112 Å². The molecule has 0 aliphatic carbocycles. The first-order valence-electron chi connectivity index (χ1n) is 8.78. The molecule has 1 N–H and O–H groups in total. The zero-order valence-electron chi connectivity index (χ0n) is 15.5. The van der Waals surface area contributed by atoms with Crippen molar-refractivity contribution in [3.8, 4) is 22.9 Å². The monoisotopic (exact) mass is 411 g/mol. The lowest BCUT2D eigenvalue weighted by Gasteiger charge is -2.20. The van der Waals surface area contributed by atoms with Crippen LogP contribution in [0.2, 0.25) is 0 Å². The van der Waals surface area contributed by atoms with E-state index in [0.717, 1.165) is 46.2 Å². The Morgan fingerprint density at radius 2 is 1.79 bits per heavy atom. The van der Waals surface area contributed by atoms with E-state index in [-0.39, 0.29) is 0 Å². The number of ether oxygens (including phenoxy) is 2. The molecule has 3 aromatic rings. The van der Waals surface area contributed by atoms with Crippen LogP contribution in [0.1, 0.15) is 12.5 Å². The maximum atomic E-state index is 9.00. The predicted octanol–water partition coefficient (Wildman–Crippen LogP) is 2.56. The summed E-state index contributed by atoms with van der Waals surface area (Å²) in [5.41, 5.74) is 2.89. The quantitative estimate of drug-likeness (QED) is 0.685. The smallest absolute Gasteiger partial charge is 0.300 e. The summed E-state index contributed by atoms with van der Waals surface area (Å²) in [6.45, 7) is 2.24. The molecule has 0 amide bonds. The molecule has 0 radical (unpaired) electrons. The van der Waals surface area contributed by atoms with E-state index in [1.165, 1.54) is 0 Å². The molecule has 4 heterocycles. The molecule has 29 heavy (non-hydrogen) atoms. The Hall–Kier alpha value is -3.40. The number of carbonyl (C=O) groups is 1. The van der Waals surface area contributed by atoms with Crippen molar-refractivity contribution in [1.29, 1.82) is 0 Å². The van der Waals surface area contributed by atoms with E-state index in [4.69, 9.17) is 24.5 Å². The first-order chi connectivity index (χ1) is 14.1. The van der Waals surface area contributed by atoms with Crippen molar-refractivity contribution in [3.63, 3.8) is 0 Å². The zero-order chi connectivity index (χ0) is 20.2. The van der Waals surface area contributed by atoms with Gasteiger partial charge in [0.25, 0.3) is 5.97 Å². The number of aromatic nitrogens is 4. The van der Waals surface area contributed by atoms with Crippen molar-refractivity contribution in [2.45, 2.75) is 12.1 Å². The number of fused-ring (bicyclic) bond motifs is 2. The molecule has 2 aliphatic rings. The van der Waals surface area contributed by atoms with E-state index >= 15 is 0 Å². The van der Waals surface area contributed by atoms with Gasteiger partial charge in [-0.05, 0) is 30.3 Å². The Morgan fingerprint density at radius 1 is 1.07 bits per heavy atom. The zero-order valence-corrected chi connectivity index (χ0v) is 16.3. The van der Waals surface area contributed by atoms with Gasteiger partial charge < -0.3 is 14.6 Å². The summed E-state index contributed by atoms with van der Waals surface area (Å²) < 4.78 is 13.0. The lowest BCUT2D eigenvalue weighted by Crippen LogP contribution is -2.17. The average molecular weight is 411 g/mol. The Balaban J connectivity index is 0.000000472. The van der Waals surface area contributed by atoms with E-state index in [1.807, 2.05) is 30.3 Å². The van der Waals surface area contributed by atoms with Gasteiger partial charge >= 0.3 is 0 Å². The van der Waals surface area contributed by atoms with Crippen molar-refractivity contribution in [3.05, 3.63) is 48.3 Å². The summed E-state index contributed by atoms with van der Waals surface area (Å²) in [6, 6.07) is 9.72. The Morgan fingerprint density at radius 3 is 2.55 bits per heavy atom. The summed E-state index contributed by atoms with van der Waals surface area (Å²) in [7, 11) is 0. The summed E-state index contributed by atoms with van der Waals surface area (Å²) in [5, 5.41) is 21.5. The van der Waals surface area contributed by atoms with Gasteiger partial charge in [0.1, 0.15) is 13.2 Å². The van der Waals surface area contributed by atoms with Crippen LogP contribution < -0.4 is 9.47 Å². The first-order valence-corrected chi connectivity index (χ1v) is 9.76. The fourth-order valence-electron chi connectivity index (χ4n) is 2.77. The molecule has 0 unspecified atom stereocenters. The molecule has 0 saturated heterocycles. The van der Waals surface area contributed by atoms with Crippen LogP contribution in [0.5, 0.6) is 11.5 Å². The molecule has 9 nitrogen and oxygen atoms in total. The van der Waals surface area contributed by atoms with Crippen LogP contribution in [0.25, 0.3) is 11.4 Å². The number of hydrogen-bond acceptors (Lipinski definition) is 8. The van der Waals surface area contributed by atoms with Gasteiger partial charge in [-0.1, -0.05) is 11.8 Å². The highest BCUT2D eigenvalue weighted by Gasteiger charge is 2.22. The van der Waals surface area contributed by atoms with Crippen molar-refractivity contribution < 1.29 is 19.4 Å².